The number of hydrogen-bond donors (Lipinski definition) is 1. The van der Waals surface area contributed by atoms with Gasteiger partial charge in [-0.15, -0.1) is 4.31 Å². The fraction of sp³-hybridized carbons (Fsp3) is 0.438. The monoisotopic (exact) mass is 317 g/mol. The summed E-state index contributed by atoms with van der Waals surface area (Å²) < 4.78 is 14.9. The molecule has 1 aromatic heterocycles. The number of hydrogen-bond acceptors (Lipinski definition) is 5. The Hall–Kier alpha value is -1.34. The number of rotatable bonds is 3. The van der Waals surface area contributed by atoms with Crippen molar-refractivity contribution >= 4 is 22.1 Å². The molecule has 2 heterocycles. The van der Waals surface area contributed by atoms with E-state index < -0.39 is 11.4 Å². The summed E-state index contributed by atoms with van der Waals surface area (Å²) in [6.45, 7) is 3.61. The molecule has 2 fully saturated rings. The van der Waals surface area contributed by atoms with Crippen molar-refractivity contribution in [2.45, 2.75) is 23.8 Å². The van der Waals surface area contributed by atoms with Crippen LogP contribution in [0.2, 0.25) is 0 Å². The Morgan fingerprint density at radius 3 is 2.45 bits per heavy atom. The lowest BCUT2D eigenvalue weighted by molar-refractivity contribution is 0.180. The molecule has 1 aromatic carbocycles. The molecule has 1 atom stereocenters. The summed E-state index contributed by atoms with van der Waals surface area (Å²) in [4.78, 5) is 7.19. The molecule has 0 amide bonds. The molecule has 1 N–H and O–H groups in total. The first-order chi connectivity index (χ1) is 10.7. The molecule has 5 nitrogen and oxygen atoms in total. The van der Waals surface area contributed by atoms with E-state index in [9.17, 15) is 9.66 Å². The van der Waals surface area contributed by atoms with Crippen molar-refractivity contribution < 1.29 is 9.66 Å². The number of aromatic nitrogens is 1. The van der Waals surface area contributed by atoms with Crippen LogP contribution in [-0.2, 0) is 11.4 Å². The summed E-state index contributed by atoms with van der Waals surface area (Å²) in [5.41, 5.74) is 0. The summed E-state index contributed by atoms with van der Waals surface area (Å²) in [6, 6.07) is 8.22. The molecule has 22 heavy (non-hydrogen) atoms. The molecule has 4 rings (SSSR count). The van der Waals surface area contributed by atoms with E-state index in [1.165, 1.54) is 12.8 Å². The number of pyridine rings is 1. The normalized spacial score (nSPS) is 22.0. The lowest BCUT2D eigenvalue weighted by Crippen LogP contribution is -2.49. The average molecular weight is 317 g/mol. The summed E-state index contributed by atoms with van der Waals surface area (Å²) >= 11 is -1.23. The largest absolute Gasteiger partial charge is 0.593 e. The molecule has 6 heteroatoms. The predicted molar refractivity (Wildman–Crippen MR) is 86.0 cm³/mol. The number of nitrogens with zero attached hydrogens (tertiary/aromatic N) is 3. The van der Waals surface area contributed by atoms with Crippen LogP contribution in [-0.4, -0.2) is 56.1 Å². The number of fused-ring (bicyclic) bond motifs is 1. The van der Waals surface area contributed by atoms with Gasteiger partial charge in [0.1, 0.15) is 0 Å². The predicted octanol–water partition coefficient (Wildman–Crippen LogP) is 1.74. The van der Waals surface area contributed by atoms with E-state index in [2.05, 4.69) is 9.88 Å². The first-order valence-electron chi connectivity index (χ1n) is 7.71. The molecule has 116 valence electrons. The van der Waals surface area contributed by atoms with E-state index in [1.54, 1.807) is 6.20 Å². The minimum Gasteiger partial charge on any atom is -0.593 e. The molecule has 1 saturated heterocycles. The highest BCUT2D eigenvalue weighted by molar-refractivity contribution is 7.89. The van der Waals surface area contributed by atoms with Crippen LogP contribution in [0, 0.1) is 0 Å². The summed E-state index contributed by atoms with van der Waals surface area (Å²) in [5, 5.41) is 11.3. The van der Waals surface area contributed by atoms with Crippen LogP contribution in [0.15, 0.2) is 35.4 Å². The van der Waals surface area contributed by atoms with E-state index in [-0.39, 0.29) is 5.88 Å². The van der Waals surface area contributed by atoms with Gasteiger partial charge in [-0.3, -0.25) is 4.90 Å². The standard InChI is InChI=1S/C16H19N3O2S/c20-16-14-4-2-1-3-13(14)15(11-17-16)22(21)19-9-7-18(8-10-19)12-5-6-12/h1-4,11-12H,5-10H2,(H,17,20). The molecule has 0 spiro atoms. The minimum absolute atomic E-state index is 0.00472. The maximum absolute atomic E-state index is 12.9. The van der Waals surface area contributed by atoms with Crippen molar-refractivity contribution in [3.05, 3.63) is 30.5 Å². The second-order valence-corrected chi connectivity index (χ2v) is 7.39. The summed E-state index contributed by atoms with van der Waals surface area (Å²) in [7, 11) is 0. The van der Waals surface area contributed by atoms with Gasteiger partial charge in [0.05, 0.1) is 30.6 Å². The van der Waals surface area contributed by atoms with Crippen LogP contribution in [0.3, 0.4) is 0 Å². The number of piperazine rings is 1. The van der Waals surface area contributed by atoms with Crippen LogP contribution in [0.4, 0.5) is 0 Å². The van der Waals surface area contributed by atoms with Crippen LogP contribution < -0.4 is 0 Å². The zero-order valence-electron chi connectivity index (χ0n) is 12.3. The molecule has 0 bridgehead atoms. The van der Waals surface area contributed by atoms with Crippen molar-refractivity contribution in [1.82, 2.24) is 14.2 Å². The molecule has 0 radical (unpaired) electrons. The van der Waals surface area contributed by atoms with Gasteiger partial charge < -0.3 is 9.66 Å². The zero-order chi connectivity index (χ0) is 15.1. The van der Waals surface area contributed by atoms with Crippen molar-refractivity contribution in [3.8, 4) is 5.88 Å². The van der Waals surface area contributed by atoms with Crippen LogP contribution in [0.25, 0.3) is 10.8 Å². The van der Waals surface area contributed by atoms with Gasteiger partial charge in [0.15, 0.2) is 4.90 Å². The highest BCUT2D eigenvalue weighted by atomic mass is 32.2. The maximum atomic E-state index is 12.9. The average Bonchev–Trinajstić information content (AvgIpc) is 3.40. The van der Waals surface area contributed by atoms with Gasteiger partial charge in [-0.2, -0.15) is 0 Å². The summed E-state index contributed by atoms with van der Waals surface area (Å²) in [6.07, 6.45) is 4.17. The second-order valence-electron chi connectivity index (χ2n) is 5.94. The highest BCUT2D eigenvalue weighted by Gasteiger charge is 2.35. The molecule has 2 aliphatic rings. The van der Waals surface area contributed by atoms with Gasteiger partial charge >= 0.3 is 0 Å². The molecular weight excluding hydrogens is 298 g/mol. The molecule has 1 unspecified atom stereocenters. The molecular formula is C16H19N3O2S. The second kappa shape index (κ2) is 5.70. The Labute approximate surface area is 132 Å². The minimum atomic E-state index is -1.23. The van der Waals surface area contributed by atoms with Crippen LogP contribution in [0.5, 0.6) is 5.88 Å². The lowest BCUT2D eigenvalue weighted by atomic mass is 10.2. The molecule has 2 aromatic rings. The van der Waals surface area contributed by atoms with Crippen molar-refractivity contribution in [1.29, 1.82) is 0 Å². The number of aromatic hydroxyl groups is 1. The Kier molecular flexibility index (Phi) is 3.69. The third kappa shape index (κ3) is 2.56. The van der Waals surface area contributed by atoms with E-state index >= 15 is 0 Å². The maximum Gasteiger partial charge on any atom is 0.219 e. The fourth-order valence-corrected chi connectivity index (χ4v) is 4.39. The van der Waals surface area contributed by atoms with E-state index in [0.717, 1.165) is 37.6 Å². The van der Waals surface area contributed by atoms with Gasteiger partial charge in [0.25, 0.3) is 0 Å². The lowest BCUT2D eigenvalue weighted by Gasteiger charge is -2.34. The van der Waals surface area contributed by atoms with Gasteiger partial charge in [0, 0.05) is 29.9 Å². The zero-order valence-corrected chi connectivity index (χ0v) is 13.1. The smallest absolute Gasteiger partial charge is 0.219 e. The van der Waals surface area contributed by atoms with Gasteiger partial charge in [-0.25, -0.2) is 4.98 Å². The fourth-order valence-electron chi connectivity index (χ4n) is 3.10. The molecule has 1 aliphatic carbocycles. The van der Waals surface area contributed by atoms with E-state index in [4.69, 9.17) is 0 Å². The SMILES string of the molecule is [O-][S+](c1cnc(O)c2ccccc12)N1CCN(C2CC2)CC1. The Morgan fingerprint density at radius 1 is 1.09 bits per heavy atom. The van der Waals surface area contributed by atoms with Gasteiger partial charge in [-0.1, -0.05) is 12.1 Å². The van der Waals surface area contributed by atoms with E-state index in [0.29, 0.717) is 10.3 Å². The quantitative estimate of drug-likeness (QED) is 0.874. The number of benzene rings is 1. The van der Waals surface area contributed by atoms with Crippen molar-refractivity contribution in [2.24, 2.45) is 0 Å². The van der Waals surface area contributed by atoms with Crippen LogP contribution >= 0.6 is 0 Å². The summed E-state index contributed by atoms with van der Waals surface area (Å²) in [5.74, 6) is -0.00472. The molecule has 1 saturated carbocycles. The molecule has 1 aliphatic heterocycles. The first-order valence-corrected chi connectivity index (χ1v) is 8.82. The van der Waals surface area contributed by atoms with Gasteiger partial charge in [-0.05, 0) is 25.0 Å². The van der Waals surface area contributed by atoms with Crippen LogP contribution in [0.1, 0.15) is 12.8 Å². The Morgan fingerprint density at radius 2 is 1.77 bits per heavy atom. The van der Waals surface area contributed by atoms with Gasteiger partial charge in [0.2, 0.25) is 5.88 Å². The van der Waals surface area contributed by atoms with Crippen molar-refractivity contribution in [3.63, 3.8) is 0 Å². The van der Waals surface area contributed by atoms with Crippen molar-refractivity contribution in [2.75, 3.05) is 26.2 Å². The highest BCUT2D eigenvalue weighted by Crippen LogP contribution is 2.31. The van der Waals surface area contributed by atoms with E-state index in [1.807, 2.05) is 28.6 Å². The Bertz CT molecular complexity index is 684. The Balaban J connectivity index is 1.58. The first kappa shape index (κ1) is 14.3. The topological polar surface area (TPSA) is 62.7 Å². The third-order valence-corrected chi connectivity index (χ3v) is 6.03. The third-order valence-electron chi connectivity index (χ3n) is 4.50.